The predicted octanol–water partition coefficient (Wildman–Crippen LogP) is 2.23. The van der Waals surface area contributed by atoms with Crippen molar-refractivity contribution in [1.29, 1.82) is 0 Å². The quantitative estimate of drug-likeness (QED) is 0.488. The number of benzene rings is 1. The van der Waals surface area contributed by atoms with Crippen molar-refractivity contribution in [3.63, 3.8) is 0 Å². The maximum Gasteiger partial charge on any atom is 0.293 e. The van der Waals surface area contributed by atoms with Crippen molar-refractivity contribution in [1.82, 2.24) is 14.8 Å². The summed E-state index contributed by atoms with van der Waals surface area (Å²) in [5, 5.41) is 15.5. The molecule has 3 rings (SSSR count). The van der Waals surface area contributed by atoms with E-state index in [4.69, 9.17) is 0 Å². The molecule has 0 bridgehead atoms. The Labute approximate surface area is 132 Å². The molecule has 8 nitrogen and oxygen atoms in total. The fourth-order valence-electron chi connectivity index (χ4n) is 2.93. The lowest BCUT2D eigenvalue weighted by molar-refractivity contribution is -0.384. The maximum absolute atomic E-state index is 11.4. The van der Waals surface area contributed by atoms with Gasteiger partial charge in [0.1, 0.15) is 18.3 Å². The molecule has 0 spiro atoms. The first kappa shape index (κ1) is 15.1. The number of piperidine rings is 1. The van der Waals surface area contributed by atoms with Gasteiger partial charge in [0.25, 0.3) is 5.69 Å². The Kier molecular flexibility index (Phi) is 4.05. The van der Waals surface area contributed by atoms with Crippen molar-refractivity contribution in [2.75, 3.05) is 18.0 Å². The van der Waals surface area contributed by atoms with Crippen LogP contribution in [-0.2, 0) is 0 Å². The average molecular weight is 315 g/mol. The smallest absolute Gasteiger partial charge is 0.293 e. The molecule has 23 heavy (non-hydrogen) atoms. The molecule has 1 aromatic carbocycles. The van der Waals surface area contributed by atoms with Gasteiger partial charge in [-0.15, -0.1) is 0 Å². The second-order valence-electron chi connectivity index (χ2n) is 5.61. The number of rotatable bonds is 4. The lowest BCUT2D eigenvalue weighted by Gasteiger charge is -2.33. The lowest BCUT2D eigenvalue weighted by atomic mass is 10.0. The average Bonchev–Trinajstić information content (AvgIpc) is 3.09. The van der Waals surface area contributed by atoms with Gasteiger partial charge in [-0.05, 0) is 31.9 Å². The van der Waals surface area contributed by atoms with Crippen LogP contribution in [0.5, 0.6) is 0 Å². The number of carbonyl (C=O) groups is 1. The third-order valence-corrected chi connectivity index (χ3v) is 4.19. The van der Waals surface area contributed by atoms with Crippen LogP contribution in [0.15, 0.2) is 30.9 Å². The van der Waals surface area contributed by atoms with E-state index in [-0.39, 0.29) is 17.5 Å². The molecule has 0 aliphatic carbocycles. The summed E-state index contributed by atoms with van der Waals surface area (Å²) in [7, 11) is 0. The lowest BCUT2D eigenvalue weighted by Crippen LogP contribution is -2.35. The van der Waals surface area contributed by atoms with Crippen LogP contribution in [0, 0.1) is 10.1 Å². The Bertz CT molecular complexity index is 721. The highest BCUT2D eigenvalue weighted by molar-refractivity contribution is 5.95. The van der Waals surface area contributed by atoms with Gasteiger partial charge in [0, 0.05) is 24.7 Å². The van der Waals surface area contributed by atoms with Crippen molar-refractivity contribution in [3.8, 4) is 0 Å². The Morgan fingerprint density at radius 3 is 2.65 bits per heavy atom. The summed E-state index contributed by atoms with van der Waals surface area (Å²) in [5.41, 5.74) is 0.909. The third-order valence-electron chi connectivity index (χ3n) is 4.19. The summed E-state index contributed by atoms with van der Waals surface area (Å²) in [6, 6.07) is 4.95. The number of hydrogen-bond donors (Lipinski definition) is 0. The van der Waals surface area contributed by atoms with E-state index < -0.39 is 4.92 Å². The van der Waals surface area contributed by atoms with E-state index in [1.165, 1.54) is 19.3 Å². The number of carbonyl (C=O) groups excluding carboxylic acids is 1. The molecule has 2 aromatic rings. The zero-order chi connectivity index (χ0) is 16.4. The molecule has 1 aliphatic heterocycles. The molecule has 1 aromatic heterocycles. The van der Waals surface area contributed by atoms with Crippen LogP contribution in [0.1, 0.15) is 36.2 Å². The zero-order valence-electron chi connectivity index (χ0n) is 12.8. The first-order valence-corrected chi connectivity index (χ1v) is 7.44. The highest BCUT2D eigenvalue weighted by Gasteiger charge is 2.26. The number of nitrogens with zero attached hydrogens (tertiary/aromatic N) is 5. The molecule has 0 radical (unpaired) electrons. The largest absolute Gasteiger partial charge is 0.366 e. The van der Waals surface area contributed by atoms with E-state index in [9.17, 15) is 14.9 Å². The predicted molar refractivity (Wildman–Crippen MR) is 83.6 cm³/mol. The summed E-state index contributed by atoms with van der Waals surface area (Å²) in [6.07, 6.45) is 4.89. The minimum Gasteiger partial charge on any atom is -0.366 e. The number of nitro benzene ring substituents is 1. The Morgan fingerprint density at radius 1 is 1.35 bits per heavy atom. The monoisotopic (exact) mass is 315 g/mol. The second-order valence-corrected chi connectivity index (χ2v) is 5.61. The standard InChI is InChI=1S/C15H17N5O3/c1-11(21)12-2-3-14(15(8-12)20(22)23)18-6-4-13(5-7-18)19-10-16-9-17-19/h2-3,8-10,13H,4-7H2,1H3. The van der Waals surface area contributed by atoms with Crippen molar-refractivity contribution in [2.45, 2.75) is 25.8 Å². The molecular formula is C15H17N5O3. The van der Waals surface area contributed by atoms with E-state index in [0.29, 0.717) is 24.3 Å². The van der Waals surface area contributed by atoms with E-state index >= 15 is 0 Å². The Morgan fingerprint density at radius 2 is 2.09 bits per heavy atom. The number of aromatic nitrogens is 3. The van der Waals surface area contributed by atoms with Gasteiger partial charge in [0.05, 0.1) is 11.0 Å². The van der Waals surface area contributed by atoms with Crippen LogP contribution in [-0.4, -0.2) is 38.6 Å². The van der Waals surface area contributed by atoms with Gasteiger partial charge in [0.2, 0.25) is 0 Å². The Hall–Kier alpha value is -2.77. The summed E-state index contributed by atoms with van der Waals surface area (Å²) >= 11 is 0. The molecule has 0 amide bonds. The summed E-state index contributed by atoms with van der Waals surface area (Å²) in [5.74, 6) is -0.176. The van der Waals surface area contributed by atoms with E-state index in [0.717, 1.165) is 12.8 Å². The van der Waals surface area contributed by atoms with Gasteiger partial charge in [-0.25, -0.2) is 9.67 Å². The molecular weight excluding hydrogens is 298 g/mol. The Balaban J connectivity index is 1.80. The van der Waals surface area contributed by atoms with E-state index in [1.54, 1.807) is 18.5 Å². The molecule has 2 heterocycles. The zero-order valence-corrected chi connectivity index (χ0v) is 12.8. The minimum atomic E-state index is -0.425. The van der Waals surface area contributed by atoms with Gasteiger partial charge >= 0.3 is 0 Å². The SMILES string of the molecule is CC(=O)c1ccc(N2CCC(n3cncn3)CC2)c([N+](=O)[O-])c1. The van der Waals surface area contributed by atoms with Gasteiger partial charge in [0.15, 0.2) is 5.78 Å². The molecule has 1 saturated heterocycles. The summed E-state index contributed by atoms with van der Waals surface area (Å²) in [6.45, 7) is 2.80. The molecule has 1 fully saturated rings. The van der Waals surface area contributed by atoms with Crippen molar-refractivity contribution >= 4 is 17.2 Å². The number of ketones is 1. The van der Waals surface area contributed by atoms with Crippen LogP contribution in [0.25, 0.3) is 0 Å². The minimum absolute atomic E-state index is 0.0168. The normalized spacial score (nSPS) is 15.6. The molecule has 0 atom stereocenters. The maximum atomic E-state index is 11.4. The summed E-state index contributed by atoms with van der Waals surface area (Å²) < 4.78 is 1.84. The molecule has 1 aliphatic rings. The molecule has 8 heteroatoms. The third kappa shape index (κ3) is 3.05. The molecule has 0 N–H and O–H groups in total. The van der Waals surface area contributed by atoms with Crippen LogP contribution >= 0.6 is 0 Å². The van der Waals surface area contributed by atoms with Gasteiger partial charge in [-0.3, -0.25) is 14.9 Å². The number of anilines is 1. The van der Waals surface area contributed by atoms with E-state index in [2.05, 4.69) is 10.1 Å². The van der Waals surface area contributed by atoms with Gasteiger partial charge in [-0.1, -0.05) is 0 Å². The molecule has 0 unspecified atom stereocenters. The highest BCUT2D eigenvalue weighted by atomic mass is 16.6. The van der Waals surface area contributed by atoms with Crippen LogP contribution in [0.3, 0.4) is 0 Å². The van der Waals surface area contributed by atoms with Crippen molar-refractivity contribution in [2.24, 2.45) is 0 Å². The first-order chi connectivity index (χ1) is 11.1. The molecule has 0 saturated carbocycles. The van der Waals surface area contributed by atoms with Crippen LogP contribution in [0.4, 0.5) is 11.4 Å². The number of Topliss-reactive ketones (excluding diaryl/α,β-unsaturated/α-hetero) is 1. The highest BCUT2D eigenvalue weighted by Crippen LogP contribution is 2.33. The fourth-order valence-corrected chi connectivity index (χ4v) is 2.93. The van der Waals surface area contributed by atoms with Crippen LogP contribution in [0.2, 0.25) is 0 Å². The van der Waals surface area contributed by atoms with Gasteiger partial charge < -0.3 is 4.90 Å². The number of nitro groups is 1. The van der Waals surface area contributed by atoms with Crippen molar-refractivity contribution < 1.29 is 9.72 Å². The first-order valence-electron chi connectivity index (χ1n) is 7.44. The molecule has 120 valence electrons. The fraction of sp³-hybridized carbons (Fsp3) is 0.400. The van der Waals surface area contributed by atoms with E-state index in [1.807, 2.05) is 9.58 Å². The van der Waals surface area contributed by atoms with Crippen molar-refractivity contribution in [3.05, 3.63) is 46.5 Å². The topological polar surface area (TPSA) is 94.2 Å². The number of hydrogen-bond acceptors (Lipinski definition) is 6. The van der Waals surface area contributed by atoms with Crippen LogP contribution < -0.4 is 4.90 Å². The second kappa shape index (κ2) is 6.15. The van der Waals surface area contributed by atoms with Gasteiger partial charge in [-0.2, -0.15) is 5.10 Å². The summed E-state index contributed by atoms with van der Waals surface area (Å²) in [4.78, 5) is 28.3.